The number of carbonyl (C=O) groups is 3. The van der Waals surface area contributed by atoms with Crippen LogP contribution in [0.25, 0.3) is 0 Å². The predicted molar refractivity (Wildman–Crippen MR) is 77.8 cm³/mol. The topological polar surface area (TPSA) is 57.7 Å². The monoisotopic (exact) mass is 300 g/mol. The summed E-state index contributed by atoms with van der Waals surface area (Å²) >= 11 is 1.56. The smallest absolute Gasteiger partial charge is 0.262 e. The third-order valence-corrected chi connectivity index (χ3v) is 5.50. The minimum atomic E-state index is -0.671. The number of amides is 3. The van der Waals surface area contributed by atoms with Gasteiger partial charge in [0.25, 0.3) is 11.8 Å². The highest BCUT2D eigenvalue weighted by molar-refractivity contribution is 8.00. The summed E-state index contributed by atoms with van der Waals surface area (Å²) in [6, 6.07) is 6.04. The fraction of sp³-hybridized carbons (Fsp3) is 0.267. The number of carbonyl (C=O) groups excluding carboxylic acids is 3. The van der Waals surface area contributed by atoms with Gasteiger partial charge in [0.1, 0.15) is 11.4 Å². The van der Waals surface area contributed by atoms with Gasteiger partial charge < -0.3 is 4.90 Å². The zero-order valence-electron chi connectivity index (χ0n) is 11.1. The van der Waals surface area contributed by atoms with E-state index in [9.17, 15) is 14.4 Å². The molecule has 106 valence electrons. The molecule has 2 fully saturated rings. The molecule has 3 heterocycles. The summed E-state index contributed by atoms with van der Waals surface area (Å²) in [7, 11) is 0. The van der Waals surface area contributed by atoms with Crippen LogP contribution < -0.4 is 0 Å². The van der Waals surface area contributed by atoms with Crippen molar-refractivity contribution in [3.63, 3.8) is 0 Å². The van der Waals surface area contributed by atoms with Gasteiger partial charge in [-0.05, 0) is 17.7 Å². The van der Waals surface area contributed by atoms with E-state index in [4.69, 9.17) is 0 Å². The highest BCUT2D eigenvalue weighted by atomic mass is 32.2. The first-order valence-electron chi connectivity index (χ1n) is 6.65. The summed E-state index contributed by atoms with van der Waals surface area (Å²) in [5.74, 6) is -0.131. The Morgan fingerprint density at radius 3 is 2.33 bits per heavy atom. The first kappa shape index (κ1) is 12.6. The van der Waals surface area contributed by atoms with Crippen LogP contribution in [-0.4, -0.2) is 51.2 Å². The Kier molecular flexibility index (Phi) is 2.53. The molecule has 0 aromatic heterocycles. The summed E-state index contributed by atoms with van der Waals surface area (Å²) < 4.78 is 0. The van der Waals surface area contributed by atoms with Crippen LogP contribution >= 0.6 is 11.8 Å². The average molecular weight is 300 g/mol. The minimum absolute atomic E-state index is 0.134. The minimum Gasteiger partial charge on any atom is -0.322 e. The van der Waals surface area contributed by atoms with E-state index in [-0.39, 0.29) is 23.1 Å². The van der Waals surface area contributed by atoms with Gasteiger partial charge in [0.15, 0.2) is 0 Å². The first-order valence-corrected chi connectivity index (χ1v) is 7.70. The van der Waals surface area contributed by atoms with Crippen LogP contribution in [0.1, 0.15) is 20.7 Å². The summed E-state index contributed by atoms with van der Waals surface area (Å²) in [5.41, 5.74) is 1.77. The maximum absolute atomic E-state index is 12.4. The van der Waals surface area contributed by atoms with E-state index in [1.807, 2.05) is 0 Å². The molecule has 3 aliphatic heterocycles. The fourth-order valence-corrected chi connectivity index (χ4v) is 4.32. The molecule has 0 radical (unpaired) electrons. The largest absolute Gasteiger partial charge is 0.322 e. The summed E-state index contributed by atoms with van der Waals surface area (Å²) in [4.78, 5) is 40.0. The zero-order valence-corrected chi connectivity index (χ0v) is 11.9. The molecule has 3 aliphatic rings. The molecule has 2 saturated heterocycles. The fourth-order valence-electron chi connectivity index (χ4n) is 3.04. The van der Waals surface area contributed by atoms with Crippen LogP contribution in [0.2, 0.25) is 0 Å². The third kappa shape index (κ3) is 1.56. The van der Waals surface area contributed by atoms with E-state index in [0.717, 1.165) is 16.2 Å². The lowest BCUT2D eigenvalue weighted by Gasteiger charge is -2.51. The van der Waals surface area contributed by atoms with Crippen molar-refractivity contribution in [2.75, 3.05) is 12.3 Å². The lowest BCUT2D eigenvalue weighted by Crippen LogP contribution is -2.71. The van der Waals surface area contributed by atoms with Gasteiger partial charge >= 0.3 is 0 Å². The molecule has 2 atom stereocenters. The van der Waals surface area contributed by atoms with Gasteiger partial charge in [0.2, 0.25) is 5.91 Å². The maximum atomic E-state index is 12.4. The second kappa shape index (κ2) is 4.21. The molecule has 6 heteroatoms. The van der Waals surface area contributed by atoms with Gasteiger partial charge in [0, 0.05) is 12.3 Å². The van der Waals surface area contributed by atoms with E-state index >= 15 is 0 Å². The second-order valence-electron chi connectivity index (χ2n) is 5.39. The van der Waals surface area contributed by atoms with Crippen LogP contribution in [0.4, 0.5) is 0 Å². The standard InChI is InChI=1S/C15H12N2O3S/c1-8-6-16-14(20)11(15(16)21-7-8)17-12(18)9-4-2-3-5-10(9)13(17)19/h2-5,11,15H,1,6-7H2/t11?,15-/m1/s1. The lowest BCUT2D eigenvalue weighted by molar-refractivity contribution is -0.149. The van der Waals surface area contributed by atoms with E-state index in [1.165, 1.54) is 0 Å². The van der Waals surface area contributed by atoms with Crippen molar-refractivity contribution in [3.05, 3.63) is 47.5 Å². The quantitative estimate of drug-likeness (QED) is 0.443. The Morgan fingerprint density at radius 2 is 1.71 bits per heavy atom. The van der Waals surface area contributed by atoms with Crippen molar-refractivity contribution < 1.29 is 14.4 Å². The molecule has 0 N–H and O–H groups in total. The SMILES string of the molecule is C=C1CS[C@@H]2C(N3C(=O)c4ccccc4C3=O)C(=O)N2C1. The Balaban J connectivity index is 1.67. The number of benzene rings is 1. The van der Waals surface area contributed by atoms with E-state index in [0.29, 0.717) is 17.7 Å². The van der Waals surface area contributed by atoms with Crippen molar-refractivity contribution in [2.45, 2.75) is 11.4 Å². The molecular weight excluding hydrogens is 288 g/mol. The number of nitrogens with zero attached hydrogens (tertiary/aromatic N) is 2. The molecule has 1 aromatic rings. The molecule has 4 rings (SSSR count). The predicted octanol–water partition coefficient (Wildman–Crippen LogP) is 1.12. The van der Waals surface area contributed by atoms with E-state index in [2.05, 4.69) is 6.58 Å². The number of hydrogen-bond acceptors (Lipinski definition) is 4. The van der Waals surface area contributed by atoms with Gasteiger partial charge in [-0.1, -0.05) is 18.7 Å². The van der Waals surface area contributed by atoms with Crippen LogP contribution in [0.3, 0.4) is 0 Å². The van der Waals surface area contributed by atoms with Crippen molar-refractivity contribution in [1.29, 1.82) is 0 Å². The number of β-lactam (4-membered cyclic amide) rings is 1. The molecule has 5 nitrogen and oxygen atoms in total. The zero-order chi connectivity index (χ0) is 14.7. The van der Waals surface area contributed by atoms with E-state index in [1.54, 1.807) is 40.9 Å². The van der Waals surface area contributed by atoms with Gasteiger partial charge in [-0.3, -0.25) is 19.3 Å². The maximum Gasteiger partial charge on any atom is 0.262 e. The number of imide groups is 1. The average Bonchev–Trinajstić information content (AvgIpc) is 2.74. The normalized spacial score (nSPS) is 27.6. The van der Waals surface area contributed by atoms with Crippen LogP contribution in [0.5, 0.6) is 0 Å². The van der Waals surface area contributed by atoms with Gasteiger partial charge in [0.05, 0.1) is 11.1 Å². The summed E-state index contributed by atoms with van der Waals surface area (Å²) in [6.45, 7) is 4.41. The number of fused-ring (bicyclic) bond motifs is 2. The van der Waals surface area contributed by atoms with Crippen molar-refractivity contribution in [3.8, 4) is 0 Å². The molecule has 1 unspecified atom stereocenters. The highest BCUT2D eigenvalue weighted by Gasteiger charge is 2.57. The van der Waals surface area contributed by atoms with Crippen molar-refractivity contribution >= 4 is 29.5 Å². The lowest BCUT2D eigenvalue weighted by atomic mass is 10.0. The van der Waals surface area contributed by atoms with Gasteiger partial charge in [-0.15, -0.1) is 11.8 Å². The van der Waals surface area contributed by atoms with Crippen LogP contribution in [0.15, 0.2) is 36.4 Å². The second-order valence-corrected chi connectivity index (χ2v) is 6.49. The molecule has 3 amide bonds. The number of hydrogen-bond donors (Lipinski definition) is 0. The molecule has 0 saturated carbocycles. The third-order valence-electron chi connectivity index (χ3n) is 4.07. The Labute approximate surface area is 125 Å². The number of thioether (sulfide) groups is 1. The molecule has 21 heavy (non-hydrogen) atoms. The molecule has 1 aromatic carbocycles. The molecule has 0 bridgehead atoms. The summed E-state index contributed by atoms with van der Waals surface area (Å²) in [6.07, 6.45) is 0. The van der Waals surface area contributed by atoms with Gasteiger partial charge in [-0.25, -0.2) is 0 Å². The Hall–Kier alpha value is -2.08. The summed E-state index contributed by atoms with van der Waals surface area (Å²) in [5, 5.41) is -0.134. The molecule has 0 spiro atoms. The van der Waals surface area contributed by atoms with E-state index < -0.39 is 6.04 Å². The van der Waals surface area contributed by atoms with Crippen LogP contribution in [0, 0.1) is 0 Å². The number of rotatable bonds is 1. The highest BCUT2D eigenvalue weighted by Crippen LogP contribution is 2.41. The van der Waals surface area contributed by atoms with Gasteiger partial charge in [-0.2, -0.15) is 0 Å². The Bertz CT molecular complexity index is 680. The molecular formula is C15H12N2O3S. The first-order chi connectivity index (χ1) is 10.1. The molecule has 0 aliphatic carbocycles. The van der Waals surface area contributed by atoms with Crippen molar-refractivity contribution in [1.82, 2.24) is 9.80 Å². The van der Waals surface area contributed by atoms with Crippen LogP contribution in [-0.2, 0) is 4.79 Å². The Morgan fingerprint density at radius 1 is 1.10 bits per heavy atom. The van der Waals surface area contributed by atoms with Crippen molar-refractivity contribution in [2.24, 2.45) is 0 Å².